The standard InChI is InChI=1S/C16H24FN3O/c1-2-12-7-9-20(11-12)8-3-4-16(21)19-13-5-6-14(17)15(18)10-13/h5-6,10,12H,2-4,7-9,11,18H2,1H3,(H,19,21). The molecule has 1 unspecified atom stereocenters. The monoisotopic (exact) mass is 293 g/mol. The first-order valence-corrected chi connectivity index (χ1v) is 7.65. The van der Waals surface area contributed by atoms with Gasteiger partial charge in [-0.2, -0.15) is 0 Å². The van der Waals surface area contributed by atoms with Gasteiger partial charge in [-0.1, -0.05) is 13.3 Å². The molecule has 21 heavy (non-hydrogen) atoms. The van der Waals surface area contributed by atoms with E-state index in [-0.39, 0.29) is 11.6 Å². The molecule has 0 spiro atoms. The van der Waals surface area contributed by atoms with Crippen LogP contribution in [0.2, 0.25) is 0 Å². The Kier molecular flexibility index (Phi) is 5.56. The van der Waals surface area contributed by atoms with Crippen molar-refractivity contribution in [3.8, 4) is 0 Å². The molecule has 0 aromatic heterocycles. The van der Waals surface area contributed by atoms with Crippen LogP contribution < -0.4 is 11.1 Å². The van der Waals surface area contributed by atoms with E-state index in [0.717, 1.165) is 32.0 Å². The molecular formula is C16H24FN3O. The highest BCUT2D eigenvalue weighted by Gasteiger charge is 2.20. The molecule has 1 fully saturated rings. The average molecular weight is 293 g/mol. The van der Waals surface area contributed by atoms with Gasteiger partial charge in [0, 0.05) is 18.7 Å². The zero-order valence-corrected chi connectivity index (χ0v) is 12.6. The summed E-state index contributed by atoms with van der Waals surface area (Å²) in [6.07, 6.45) is 3.84. The molecule has 3 N–H and O–H groups in total. The highest BCUT2D eigenvalue weighted by molar-refractivity contribution is 5.91. The number of nitrogens with one attached hydrogen (secondary N) is 1. The van der Waals surface area contributed by atoms with Gasteiger partial charge in [0.05, 0.1) is 5.69 Å². The predicted octanol–water partition coefficient (Wildman–Crippen LogP) is 2.86. The third kappa shape index (κ3) is 4.70. The Hall–Kier alpha value is -1.62. The number of carbonyl (C=O) groups is 1. The van der Waals surface area contributed by atoms with E-state index in [1.807, 2.05) is 0 Å². The van der Waals surface area contributed by atoms with Crippen molar-refractivity contribution in [1.82, 2.24) is 4.90 Å². The molecule has 0 bridgehead atoms. The van der Waals surface area contributed by atoms with Crippen LogP contribution in [-0.4, -0.2) is 30.4 Å². The number of halogens is 1. The van der Waals surface area contributed by atoms with E-state index >= 15 is 0 Å². The maximum atomic E-state index is 13.0. The van der Waals surface area contributed by atoms with Gasteiger partial charge in [0.1, 0.15) is 5.82 Å². The van der Waals surface area contributed by atoms with Gasteiger partial charge in [-0.15, -0.1) is 0 Å². The molecule has 1 aliphatic heterocycles. The van der Waals surface area contributed by atoms with E-state index in [2.05, 4.69) is 17.1 Å². The van der Waals surface area contributed by atoms with Crippen molar-refractivity contribution in [3.05, 3.63) is 24.0 Å². The Morgan fingerprint density at radius 1 is 1.52 bits per heavy atom. The Balaban J connectivity index is 1.69. The van der Waals surface area contributed by atoms with Crippen LogP contribution in [-0.2, 0) is 4.79 Å². The lowest BCUT2D eigenvalue weighted by Crippen LogP contribution is -2.23. The smallest absolute Gasteiger partial charge is 0.224 e. The number of nitrogens with zero attached hydrogens (tertiary/aromatic N) is 1. The summed E-state index contributed by atoms with van der Waals surface area (Å²) in [5.41, 5.74) is 6.07. The van der Waals surface area contributed by atoms with Crippen LogP contribution in [0.15, 0.2) is 18.2 Å². The molecule has 0 radical (unpaired) electrons. The highest BCUT2D eigenvalue weighted by atomic mass is 19.1. The molecule has 0 aliphatic carbocycles. The van der Waals surface area contributed by atoms with E-state index < -0.39 is 5.82 Å². The number of anilines is 2. The summed E-state index contributed by atoms with van der Waals surface area (Å²) in [4.78, 5) is 14.3. The SMILES string of the molecule is CCC1CCN(CCCC(=O)Nc2ccc(F)c(N)c2)C1. The van der Waals surface area contributed by atoms with Gasteiger partial charge in [-0.25, -0.2) is 4.39 Å². The molecule has 5 heteroatoms. The molecular weight excluding hydrogens is 269 g/mol. The van der Waals surface area contributed by atoms with Crippen LogP contribution in [0.3, 0.4) is 0 Å². The van der Waals surface area contributed by atoms with Crippen LogP contribution in [0.4, 0.5) is 15.8 Å². The van der Waals surface area contributed by atoms with Gasteiger partial charge in [-0.3, -0.25) is 4.79 Å². The molecule has 1 atom stereocenters. The van der Waals surface area contributed by atoms with Crippen LogP contribution in [0.5, 0.6) is 0 Å². The summed E-state index contributed by atoms with van der Waals surface area (Å²) < 4.78 is 13.0. The van der Waals surface area contributed by atoms with E-state index in [0.29, 0.717) is 12.1 Å². The number of amides is 1. The molecule has 4 nitrogen and oxygen atoms in total. The number of nitrogens with two attached hydrogens (primary N) is 1. The molecule has 1 heterocycles. The maximum absolute atomic E-state index is 13.0. The largest absolute Gasteiger partial charge is 0.396 e. The summed E-state index contributed by atoms with van der Waals surface area (Å²) in [5, 5.41) is 2.75. The zero-order valence-electron chi connectivity index (χ0n) is 12.6. The van der Waals surface area contributed by atoms with Crippen molar-refractivity contribution in [3.63, 3.8) is 0 Å². The number of rotatable bonds is 6. The Morgan fingerprint density at radius 2 is 2.33 bits per heavy atom. The first-order chi connectivity index (χ1) is 10.1. The van der Waals surface area contributed by atoms with Crippen LogP contribution in [0.25, 0.3) is 0 Å². The number of likely N-dealkylation sites (tertiary alicyclic amines) is 1. The normalized spacial score (nSPS) is 18.9. The fourth-order valence-electron chi connectivity index (χ4n) is 2.76. The Labute approximate surface area is 125 Å². The second kappa shape index (κ2) is 7.41. The summed E-state index contributed by atoms with van der Waals surface area (Å²) in [6, 6.07) is 4.23. The lowest BCUT2D eigenvalue weighted by atomic mass is 10.1. The molecule has 116 valence electrons. The third-order valence-electron chi connectivity index (χ3n) is 4.11. The second-order valence-electron chi connectivity index (χ2n) is 5.75. The van der Waals surface area contributed by atoms with Crippen LogP contribution in [0, 0.1) is 11.7 Å². The van der Waals surface area contributed by atoms with Crippen molar-refractivity contribution >= 4 is 17.3 Å². The molecule has 1 aromatic rings. The van der Waals surface area contributed by atoms with E-state index in [9.17, 15) is 9.18 Å². The molecule has 2 rings (SSSR count). The topological polar surface area (TPSA) is 58.4 Å². The average Bonchev–Trinajstić information content (AvgIpc) is 2.91. The second-order valence-corrected chi connectivity index (χ2v) is 5.75. The quantitative estimate of drug-likeness (QED) is 0.793. The van der Waals surface area contributed by atoms with Crippen molar-refractivity contribution in [2.75, 3.05) is 30.7 Å². The number of hydrogen-bond acceptors (Lipinski definition) is 3. The number of carbonyl (C=O) groups excluding carboxylic acids is 1. The number of nitrogen functional groups attached to an aromatic ring is 1. The lowest BCUT2D eigenvalue weighted by molar-refractivity contribution is -0.116. The van der Waals surface area contributed by atoms with Gasteiger partial charge in [0.2, 0.25) is 5.91 Å². The maximum Gasteiger partial charge on any atom is 0.224 e. The first kappa shape index (κ1) is 15.8. The third-order valence-corrected chi connectivity index (χ3v) is 4.11. The van der Waals surface area contributed by atoms with Gasteiger partial charge in [0.15, 0.2) is 0 Å². The van der Waals surface area contributed by atoms with Crippen molar-refractivity contribution in [2.24, 2.45) is 5.92 Å². The minimum atomic E-state index is -0.465. The molecule has 1 aromatic carbocycles. The van der Waals surface area contributed by atoms with Crippen molar-refractivity contribution in [1.29, 1.82) is 0 Å². The molecule has 1 saturated heterocycles. The predicted molar refractivity (Wildman–Crippen MR) is 83.5 cm³/mol. The van der Waals surface area contributed by atoms with E-state index in [4.69, 9.17) is 5.73 Å². The highest BCUT2D eigenvalue weighted by Crippen LogP contribution is 2.19. The number of benzene rings is 1. The van der Waals surface area contributed by atoms with E-state index in [1.165, 1.54) is 31.0 Å². The van der Waals surface area contributed by atoms with Gasteiger partial charge >= 0.3 is 0 Å². The Morgan fingerprint density at radius 3 is 3.00 bits per heavy atom. The lowest BCUT2D eigenvalue weighted by Gasteiger charge is -2.15. The molecule has 0 saturated carbocycles. The zero-order chi connectivity index (χ0) is 15.2. The van der Waals surface area contributed by atoms with Gasteiger partial charge < -0.3 is 16.0 Å². The summed E-state index contributed by atoms with van der Waals surface area (Å²) >= 11 is 0. The van der Waals surface area contributed by atoms with Crippen LogP contribution in [0.1, 0.15) is 32.6 Å². The summed E-state index contributed by atoms with van der Waals surface area (Å²) in [5.74, 6) is 0.306. The van der Waals surface area contributed by atoms with Gasteiger partial charge in [-0.05, 0) is 50.0 Å². The van der Waals surface area contributed by atoms with Gasteiger partial charge in [0.25, 0.3) is 0 Å². The van der Waals surface area contributed by atoms with Crippen LogP contribution >= 0.6 is 0 Å². The first-order valence-electron chi connectivity index (χ1n) is 7.65. The Bertz CT molecular complexity index is 492. The fraction of sp³-hybridized carbons (Fsp3) is 0.562. The van der Waals surface area contributed by atoms with E-state index in [1.54, 1.807) is 0 Å². The summed E-state index contributed by atoms with van der Waals surface area (Å²) in [7, 11) is 0. The molecule has 1 aliphatic rings. The minimum absolute atomic E-state index is 0.0488. The minimum Gasteiger partial charge on any atom is -0.396 e. The van der Waals surface area contributed by atoms with Crippen molar-refractivity contribution < 1.29 is 9.18 Å². The van der Waals surface area contributed by atoms with Crippen molar-refractivity contribution in [2.45, 2.75) is 32.6 Å². The fourth-order valence-corrected chi connectivity index (χ4v) is 2.76. The number of hydrogen-bond donors (Lipinski definition) is 2. The summed E-state index contributed by atoms with van der Waals surface area (Å²) in [6.45, 7) is 5.51. The molecule has 1 amide bonds.